The van der Waals surface area contributed by atoms with Crippen LogP contribution in [0.15, 0.2) is 84.0 Å². The maximum absolute atomic E-state index is 10.2. The summed E-state index contributed by atoms with van der Waals surface area (Å²) in [4.78, 5) is 0. The molecule has 0 aliphatic carbocycles. The Morgan fingerprint density at radius 2 is 1.55 bits per heavy atom. The van der Waals surface area contributed by atoms with Crippen molar-refractivity contribution in [2.75, 3.05) is 0 Å². The van der Waals surface area contributed by atoms with Gasteiger partial charge >= 0.3 is 0 Å². The van der Waals surface area contributed by atoms with E-state index in [2.05, 4.69) is 47.8 Å². The highest BCUT2D eigenvalue weighted by Gasteiger charge is 2.24. The average molecular weight is 413 g/mol. The summed E-state index contributed by atoms with van der Waals surface area (Å²) in [5.41, 5.74) is 6.12. The van der Waals surface area contributed by atoms with E-state index >= 15 is 0 Å². The van der Waals surface area contributed by atoms with Gasteiger partial charge in [-0.1, -0.05) is 79.7 Å². The number of oxime groups is 1. The van der Waals surface area contributed by atoms with Crippen LogP contribution in [0, 0.1) is 0 Å². The molecule has 2 N–H and O–H groups in total. The van der Waals surface area contributed by atoms with E-state index in [9.17, 15) is 10.3 Å². The Hall–Kier alpha value is -3.53. The maximum atomic E-state index is 10.2. The van der Waals surface area contributed by atoms with E-state index in [1.807, 2.05) is 42.5 Å². The van der Waals surface area contributed by atoms with E-state index in [1.165, 1.54) is 11.1 Å². The van der Waals surface area contributed by atoms with Crippen molar-refractivity contribution in [3.05, 3.63) is 101 Å². The van der Waals surface area contributed by atoms with Crippen LogP contribution in [0.5, 0.6) is 5.75 Å². The Bertz CT molecular complexity index is 1190. The van der Waals surface area contributed by atoms with Gasteiger partial charge in [-0.3, -0.25) is 0 Å². The Labute approximate surface area is 183 Å². The summed E-state index contributed by atoms with van der Waals surface area (Å²) in [6.45, 7) is 5.03. The van der Waals surface area contributed by atoms with Crippen molar-refractivity contribution in [2.45, 2.75) is 39.2 Å². The number of phenols is 1. The fourth-order valence-electron chi connectivity index (χ4n) is 4.33. The second-order valence-electron chi connectivity index (χ2n) is 8.22. The van der Waals surface area contributed by atoms with Gasteiger partial charge in [0.2, 0.25) is 0 Å². The number of hydrogen-bond donors (Lipinski definition) is 2. The summed E-state index contributed by atoms with van der Waals surface area (Å²) in [5.74, 6) is 0.419. The van der Waals surface area contributed by atoms with Crippen LogP contribution in [0.3, 0.4) is 0 Å². The molecule has 4 aromatic rings. The van der Waals surface area contributed by atoms with Gasteiger partial charge in [-0.05, 0) is 48.1 Å². The molecule has 0 saturated heterocycles. The lowest BCUT2D eigenvalue weighted by atomic mass is 9.95. The molecule has 0 saturated carbocycles. The predicted octanol–water partition coefficient (Wildman–Crippen LogP) is 6.33. The second-order valence-corrected chi connectivity index (χ2v) is 8.22. The van der Waals surface area contributed by atoms with E-state index in [1.54, 1.807) is 12.1 Å². The maximum Gasteiger partial charge on any atom is 0.116 e. The molecule has 1 aromatic heterocycles. The van der Waals surface area contributed by atoms with Crippen molar-refractivity contribution in [3.8, 4) is 5.75 Å². The zero-order valence-electron chi connectivity index (χ0n) is 18.0. The van der Waals surface area contributed by atoms with Crippen molar-refractivity contribution in [1.82, 2.24) is 4.57 Å². The fraction of sp³-hybridized carbons (Fsp3) is 0.222. The topological polar surface area (TPSA) is 57.8 Å². The third-order valence-corrected chi connectivity index (χ3v) is 5.72. The Morgan fingerprint density at radius 1 is 0.903 bits per heavy atom. The molecule has 0 bridgehead atoms. The SMILES string of the molecule is CC(C)c1c(C(CCc2ccccc2)=NO)c2cc(O)ccc2n1Cc1ccccc1. The first-order valence-corrected chi connectivity index (χ1v) is 10.7. The Morgan fingerprint density at radius 3 is 2.16 bits per heavy atom. The number of rotatable bonds is 7. The van der Waals surface area contributed by atoms with Crippen LogP contribution in [-0.4, -0.2) is 20.6 Å². The Balaban J connectivity index is 1.84. The minimum absolute atomic E-state index is 0.210. The predicted molar refractivity (Wildman–Crippen MR) is 126 cm³/mol. The molecule has 4 heteroatoms. The molecular weight excluding hydrogens is 384 g/mol. The zero-order valence-corrected chi connectivity index (χ0v) is 18.0. The van der Waals surface area contributed by atoms with Crippen molar-refractivity contribution < 1.29 is 10.3 Å². The molecule has 0 spiro atoms. The second kappa shape index (κ2) is 9.09. The first-order valence-electron chi connectivity index (χ1n) is 10.7. The highest BCUT2D eigenvalue weighted by atomic mass is 16.4. The largest absolute Gasteiger partial charge is 0.508 e. The molecule has 158 valence electrons. The van der Waals surface area contributed by atoms with Crippen LogP contribution >= 0.6 is 0 Å². The summed E-state index contributed by atoms with van der Waals surface area (Å²) in [6, 6.07) is 26.0. The molecule has 0 unspecified atom stereocenters. The van der Waals surface area contributed by atoms with E-state index in [0.717, 1.165) is 28.6 Å². The van der Waals surface area contributed by atoms with Crippen molar-refractivity contribution >= 4 is 16.6 Å². The van der Waals surface area contributed by atoms with Gasteiger partial charge in [-0.2, -0.15) is 0 Å². The van der Waals surface area contributed by atoms with Gasteiger partial charge in [0.15, 0.2) is 0 Å². The normalized spacial score (nSPS) is 12.0. The van der Waals surface area contributed by atoms with E-state index in [0.29, 0.717) is 18.7 Å². The van der Waals surface area contributed by atoms with Crippen LogP contribution in [0.25, 0.3) is 10.9 Å². The van der Waals surface area contributed by atoms with Crippen LogP contribution in [-0.2, 0) is 13.0 Å². The summed E-state index contributed by atoms with van der Waals surface area (Å²) in [5, 5.41) is 24.9. The minimum atomic E-state index is 0.210. The number of aryl methyl sites for hydroxylation is 1. The number of benzene rings is 3. The number of fused-ring (bicyclic) bond motifs is 1. The summed E-state index contributed by atoms with van der Waals surface area (Å²) >= 11 is 0. The lowest BCUT2D eigenvalue weighted by molar-refractivity contribution is 0.318. The number of nitrogens with zero attached hydrogens (tertiary/aromatic N) is 2. The zero-order chi connectivity index (χ0) is 21.8. The molecule has 0 atom stereocenters. The van der Waals surface area contributed by atoms with Gasteiger partial charge in [0.25, 0.3) is 0 Å². The lowest BCUT2D eigenvalue weighted by Gasteiger charge is -2.16. The summed E-state index contributed by atoms with van der Waals surface area (Å²) in [7, 11) is 0. The third kappa shape index (κ3) is 4.33. The molecule has 0 aliphatic heterocycles. The van der Waals surface area contributed by atoms with Crippen LogP contribution < -0.4 is 0 Å². The van der Waals surface area contributed by atoms with Gasteiger partial charge < -0.3 is 14.9 Å². The number of phenolic OH excluding ortho intramolecular Hbond substituents is 1. The van der Waals surface area contributed by atoms with Gasteiger partial charge in [0.05, 0.1) is 5.71 Å². The molecule has 0 radical (unpaired) electrons. The minimum Gasteiger partial charge on any atom is -0.508 e. The van der Waals surface area contributed by atoms with Crippen LogP contribution in [0.1, 0.15) is 48.6 Å². The molecule has 4 rings (SSSR count). The number of aromatic nitrogens is 1. The molecule has 1 heterocycles. The van der Waals surface area contributed by atoms with Crippen LogP contribution in [0.4, 0.5) is 0 Å². The van der Waals surface area contributed by atoms with Gasteiger partial charge in [-0.15, -0.1) is 0 Å². The number of aromatic hydroxyl groups is 1. The van der Waals surface area contributed by atoms with Crippen molar-refractivity contribution in [2.24, 2.45) is 5.16 Å². The summed E-state index contributed by atoms with van der Waals surface area (Å²) < 4.78 is 2.29. The van der Waals surface area contributed by atoms with E-state index in [-0.39, 0.29) is 11.7 Å². The van der Waals surface area contributed by atoms with Gasteiger partial charge in [0.1, 0.15) is 5.75 Å². The van der Waals surface area contributed by atoms with E-state index in [4.69, 9.17) is 0 Å². The molecule has 0 fully saturated rings. The Kier molecular flexibility index (Phi) is 6.08. The van der Waals surface area contributed by atoms with Gasteiger partial charge in [-0.25, -0.2) is 0 Å². The summed E-state index contributed by atoms with van der Waals surface area (Å²) in [6.07, 6.45) is 1.39. The highest BCUT2D eigenvalue weighted by molar-refractivity contribution is 6.12. The molecule has 3 aromatic carbocycles. The van der Waals surface area contributed by atoms with Crippen molar-refractivity contribution in [3.63, 3.8) is 0 Å². The fourth-order valence-corrected chi connectivity index (χ4v) is 4.33. The van der Waals surface area contributed by atoms with Crippen LogP contribution in [0.2, 0.25) is 0 Å². The molecule has 0 amide bonds. The quantitative estimate of drug-likeness (QED) is 0.212. The average Bonchev–Trinajstić information content (AvgIpc) is 3.09. The molecule has 4 nitrogen and oxygen atoms in total. The molecule has 0 aliphatic rings. The third-order valence-electron chi connectivity index (χ3n) is 5.72. The van der Waals surface area contributed by atoms with Gasteiger partial charge in [0, 0.05) is 28.7 Å². The van der Waals surface area contributed by atoms with E-state index < -0.39 is 0 Å². The highest BCUT2D eigenvalue weighted by Crippen LogP contribution is 2.35. The first kappa shape index (κ1) is 20.7. The molecular formula is C27H28N2O2. The monoisotopic (exact) mass is 412 g/mol. The number of hydrogen-bond acceptors (Lipinski definition) is 3. The molecule has 31 heavy (non-hydrogen) atoms. The lowest BCUT2D eigenvalue weighted by Crippen LogP contribution is -2.11. The standard InChI is InChI=1S/C27H28N2O2/c1-19(2)27-26(24(28-31)15-13-20-9-5-3-6-10-20)23-17-22(30)14-16-25(23)29(27)18-21-11-7-4-8-12-21/h3-12,14,16-17,19,30-31H,13,15,18H2,1-2H3. The van der Waals surface area contributed by atoms with Crippen molar-refractivity contribution in [1.29, 1.82) is 0 Å². The first-order chi connectivity index (χ1) is 15.1. The smallest absolute Gasteiger partial charge is 0.116 e.